The van der Waals surface area contributed by atoms with Crippen molar-refractivity contribution in [1.82, 2.24) is 9.88 Å². The van der Waals surface area contributed by atoms with Gasteiger partial charge in [-0.15, -0.1) is 0 Å². The third-order valence-electron chi connectivity index (χ3n) is 4.44. The molecule has 0 unspecified atom stereocenters. The van der Waals surface area contributed by atoms with Crippen LogP contribution in [0.15, 0.2) is 73.1 Å². The number of carbonyl (C=O) groups is 1. The molecule has 1 N–H and O–H groups in total. The van der Waals surface area contributed by atoms with Crippen molar-refractivity contribution in [3.63, 3.8) is 0 Å². The Kier molecular flexibility index (Phi) is 5.74. The number of nitrogens with zero attached hydrogens (tertiary/aromatic N) is 1. The molecule has 1 heterocycles. The summed E-state index contributed by atoms with van der Waals surface area (Å²) in [5.74, 6) is 0.841. The standard InChI is InChI=1S/C22H24N2O2/c1-17-6-5-7-19(14-17)21(24-12-3-4-13-24)15-22(25)23-16-18-8-10-20(26-2)11-9-18/h3-14,21H,15-16H2,1-2H3,(H,23,25)/t21-/m1/s1. The molecule has 0 saturated heterocycles. The van der Waals surface area contributed by atoms with Crippen LogP contribution in [-0.4, -0.2) is 17.6 Å². The molecule has 134 valence electrons. The lowest BCUT2D eigenvalue weighted by molar-refractivity contribution is -0.121. The SMILES string of the molecule is COc1ccc(CNC(=O)C[C@H](c2cccc(C)c2)n2cccc2)cc1. The summed E-state index contributed by atoms with van der Waals surface area (Å²) >= 11 is 0. The van der Waals surface area contributed by atoms with Gasteiger partial charge in [-0.05, 0) is 42.3 Å². The van der Waals surface area contributed by atoms with Crippen LogP contribution in [0.2, 0.25) is 0 Å². The number of rotatable bonds is 7. The van der Waals surface area contributed by atoms with Crippen LogP contribution < -0.4 is 10.1 Å². The Morgan fingerprint density at radius 1 is 1.08 bits per heavy atom. The Morgan fingerprint density at radius 3 is 2.46 bits per heavy atom. The highest BCUT2D eigenvalue weighted by Crippen LogP contribution is 2.23. The van der Waals surface area contributed by atoms with Crippen molar-refractivity contribution in [1.29, 1.82) is 0 Å². The zero-order chi connectivity index (χ0) is 18.4. The van der Waals surface area contributed by atoms with Gasteiger partial charge in [-0.1, -0.05) is 42.0 Å². The van der Waals surface area contributed by atoms with E-state index in [2.05, 4.69) is 35.0 Å². The van der Waals surface area contributed by atoms with Crippen LogP contribution in [0.4, 0.5) is 0 Å². The summed E-state index contributed by atoms with van der Waals surface area (Å²) in [6, 6.07) is 20.0. The number of methoxy groups -OCH3 is 1. The van der Waals surface area contributed by atoms with Crippen LogP contribution in [0.3, 0.4) is 0 Å². The minimum Gasteiger partial charge on any atom is -0.497 e. The van der Waals surface area contributed by atoms with Crippen molar-refractivity contribution < 1.29 is 9.53 Å². The highest BCUT2D eigenvalue weighted by molar-refractivity contribution is 5.76. The fourth-order valence-electron chi connectivity index (χ4n) is 3.02. The van der Waals surface area contributed by atoms with E-state index in [-0.39, 0.29) is 11.9 Å². The third kappa shape index (κ3) is 4.54. The van der Waals surface area contributed by atoms with Crippen molar-refractivity contribution in [2.45, 2.75) is 25.9 Å². The highest BCUT2D eigenvalue weighted by Gasteiger charge is 2.17. The van der Waals surface area contributed by atoms with E-state index in [4.69, 9.17) is 4.74 Å². The first kappa shape index (κ1) is 17.8. The van der Waals surface area contributed by atoms with Crippen molar-refractivity contribution in [3.05, 3.63) is 89.7 Å². The van der Waals surface area contributed by atoms with E-state index in [0.29, 0.717) is 13.0 Å². The number of hydrogen-bond acceptors (Lipinski definition) is 2. The third-order valence-corrected chi connectivity index (χ3v) is 4.44. The van der Waals surface area contributed by atoms with Crippen LogP contribution in [0.5, 0.6) is 5.75 Å². The normalized spacial score (nSPS) is 11.8. The topological polar surface area (TPSA) is 43.3 Å². The second-order valence-corrected chi connectivity index (χ2v) is 6.39. The maximum absolute atomic E-state index is 12.6. The number of hydrogen-bond donors (Lipinski definition) is 1. The molecule has 0 radical (unpaired) electrons. The molecular formula is C22H24N2O2. The predicted octanol–water partition coefficient (Wildman–Crippen LogP) is 4.10. The molecule has 2 aromatic carbocycles. The van der Waals surface area contributed by atoms with Gasteiger partial charge in [-0.25, -0.2) is 0 Å². The molecule has 0 aliphatic rings. The average Bonchev–Trinajstić information content (AvgIpc) is 3.19. The van der Waals surface area contributed by atoms with Gasteiger partial charge in [0.15, 0.2) is 0 Å². The van der Waals surface area contributed by atoms with E-state index in [1.54, 1.807) is 7.11 Å². The Balaban J connectivity index is 1.67. The first-order valence-electron chi connectivity index (χ1n) is 8.74. The molecular weight excluding hydrogens is 324 g/mol. The van der Waals surface area contributed by atoms with E-state index in [9.17, 15) is 4.79 Å². The summed E-state index contributed by atoms with van der Waals surface area (Å²) < 4.78 is 7.24. The summed E-state index contributed by atoms with van der Waals surface area (Å²) in [6.07, 6.45) is 4.40. The number of aryl methyl sites for hydroxylation is 1. The predicted molar refractivity (Wildman–Crippen MR) is 103 cm³/mol. The Labute approximate surface area is 154 Å². The second kappa shape index (κ2) is 8.39. The van der Waals surface area contributed by atoms with Gasteiger partial charge >= 0.3 is 0 Å². The largest absolute Gasteiger partial charge is 0.497 e. The molecule has 1 aromatic heterocycles. The van der Waals surface area contributed by atoms with Crippen LogP contribution in [0.25, 0.3) is 0 Å². The van der Waals surface area contributed by atoms with Crippen LogP contribution in [-0.2, 0) is 11.3 Å². The smallest absolute Gasteiger partial charge is 0.222 e. The molecule has 4 heteroatoms. The molecule has 0 aliphatic heterocycles. The van der Waals surface area contributed by atoms with Gasteiger partial charge in [0.25, 0.3) is 0 Å². The van der Waals surface area contributed by atoms with Gasteiger partial charge in [0.2, 0.25) is 5.91 Å². The summed E-state index contributed by atoms with van der Waals surface area (Å²) in [6.45, 7) is 2.58. The lowest BCUT2D eigenvalue weighted by Crippen LogP contribution is -2.26. The molecule has 3 rings (SSSR count). The maximum atomic E-state index is 12.6. The summed E-state index contributed by atoms with van der Waals surface area (Å²) in [5.41, 5.74) is 3.38. The summed E-state index contributed by atoms with van der Waals surface area (Å²) in [4.78, 5) is 12.6. The molecule has 1 amide bonds. The van der Waals surface area contributed by atoms with Crippen LogP contribution in [0, 0.1) is 6.92 Å². The van der Waals surface area contributed by atoms with E-state index in [0.717, 1.165) is 16.9 Å². The van der Waals surface area contributed by atoms with Gasteiger partial charge in [0.05, 0.1) is 19.6 Å². The highest BCUT2D eigenvalue weighted by atomic mass is 16.5. The number of carbonyl (C=O) groups excluding carboxylic acids is 1. The van der Waals surface area contributed by atoms with Gasteiger partial charge in [0.1, 0.15) is 5.75 Å². The molecule has 0 saturated carbocycles. The van der Waals surface area contributed by atoms with E-state index < -0.39 is 0 Å². The number of ether oxygens (including phenoxy) is 1. The van der Waals surface area contributed by atoms with Crippen molar-refractivity contribution >= 4 is 5.91 Å². The van der Waals surface area contributed by atoms with Gasteiger partial charge in [-0.2, -0.15) is 0 Å². The molecule has 26 heavy (non-hydrogen) atoms. The maximum Gasteiger partial charge on any atom is 0.222 e. The number of aromatic nitrogens is 1. The minimum atomic E-state index is -0.0132. The average molecular weight is 348 g/mol. The first-order valence-corrected chi connectivity index (χ1v) is 8.74. The van der Waals surface area contributed by atoms with E-state index in [1.807, 2.05) is 54.9 Å². The minimum absolute atomic E-state index is 0.0132. The monoisotopic (exact) mass is 348 g/mol. The fraction of sp³-hybridized carbons (Fsp3) is 0.227. The number of benzene rings is 2. The van der Waals surface area contributed by atoms with Crippen molar-refractivity contribution in [3.8, 4) is 5.75 Å². The second-order valence-electron chi connectivity index (χ2n) is 6.39. The summed E-state index contributed by atoms with van der Waals surface area (Å²) in [7, 11) is 1.64. The Bertz CT molecular complexity index is 839. The molecule has 0 bridgehead atoms. The molecule has 0 spiro atoms. The van der Waals surface area contributed by atoms with Crippen LogP contribution in [0.1, 0.15) is 29.2 Å². The van der Waals surface area contributed by atoms with E-state index in [1.165, 1.54) is 5.56 Å². The molecule has 0 aliphatic carbocycles. The summed E-state index contributed by atoms with van der Waals surface area (Å²) in [5, 5.41) is 3.02. The fourth-order valence-corrected chi connectivity index (χ4v) is 3.02. The lowest BCUT2D eigenvalue weighted by Gasteiger charge is -2.20. The molecule has 0 fully saturated rings. The molecule has 1 atom stereocenters. The van der Waals surface area contributed by atoms with Gasteiger partial charge < -0.3 is 14.6 Å². The molecule has 3 aromatic rings. The zero-order valence-corrected chi connectivity index (χ0v) is 15.2. The molecule has 4 nitrogen and oxygen atoms in total. The van der Waals surface area contributed by atoms with Gasteiger partial charge in [-0.3, -0.25) is 4.79 Å². The van der Waals surface area contributed by atoms with Crippen molar-refractivity contribution in [2.75, 3.05) is 7.11 Å². The first-order chi connectivity index (χ1) is 12.7. The quantitative estimate of drug-likeness (QED) is 0.698. The van der Waals surface area contributed by atoms with Crippen molar-refractivity contribution in [2.24, 2.45) is 0 Å². The van der Waals surface area contributed by atoms with E-state index >= 15 is 0 Å². The number of amides is 1. The Hall–Kier alpha value is -3.01. The lowest BCUT2D eigenvalue weighted by atomic mass is 10.0. The van der Waals surface area contributed by atoms with Crippen LogP contribution >= 0.6 is 0 Å². The Morgan fingerprint density at radius 2 is 1.81 bits per heavy atom. The van der Waals surface area contributed by atoms with Gasteiger partial charge in [0, 0.05) is 18.9 Å². The zero-order valence-electron chi connectivity index (χ0n) is 15.2. The number of nitrogens with one attached hydrogen (secondary N) is 1.